The molecule has 3 heteroatoms. The molecule has 0 atom stereocenters. The van der Waals surface area contributed by atoms with Gasteiger partial charge in [-0.2, -0.15) is 12.6 Å². The van der Waals surface area contributed by atoms with Crippen LogP contribution in [0.2, 0.25) is 0 Å². The zero-order valence-corrected chi connectivity index (χ0v) is 10.5. The van der Waals surface area contributed by atoms with Crippen molar-refractivity contribution in [3.8, 4) is 0 Å². The third-order valence-electron chi connectivity index (χ3n) is 1.34. The van der Waals surface area contributed by atoms with Gasteiger partial charge in [-0.05, 0) is 32.3 Å². The van der Waals surface area contributed by atoms with Gasteiger partial charge >= 0.3 is 0 Å². The van der Waals surface area contributed by atoms with E-state index in [2.05, 4.69) is 19.2 Å². The highest BCUT2D eigenvalue weighted by Crippen LogP contribution is 2.12. The second kappa shape index (κ2) is 8.88. The fourth-order valence-electron chi connectivity index (χ4n) is 0.821. The Morgan fingerprint density at radius 1 is 1.29 bits per heavy atom. The van der Waals surface area contributed by atoms with E-state index < -0.39 is 0 Å². The van der Waals surface area contributed by atoms with Crippen molar-refractivity contribution in [1.29, 1.82) is 0 Å². The fourth-order valence-corrected chi connectivity index (χ4v) is 0.821. The lowest BCUT2D eigenvalue weighted by Crippen LogP contribution is -2.10. The van der Waals surface area contributed by atoms with Gasteiger partial charge < -0.3 is 4.90 Å². The number of nitrogens with zero attached hydrogens (tertiary/aromatic N) is 1. The van der Waals surface area contributed by atoms with Crippen LogP contribution in [0.4, 0.5) is 4.39 Å². The highest BCUT2D eigenvalue weighted by atomic mass is 32.1. The fraction of sp³-hybridized carbons (Fsp3) is 0.455. The summed E-state index contributed by atoms with van der Waals surface area (Å²) in [6.45, 7) is 7.26. The Hall–Kier alpha value is -0.700. The molecule has 0 radical (unpaired) electrons. The molecule has 0 rings (SSSR count). The minimum absolute atomic E-state index is 0.241. The van der Waals surface area contributed by atoms with Crippen LogP contribution in [0.3, 0.4) is 0 Å². The Morgan fingerprint density at radius 2 is 1.71 bits per heavy atom. The van der Waals surface area contributed by atoms with Gasteiger partial charge in [0.05, 0.1) is 5.70 Å². The van der Waals surface area contributed by atoms with Gasteiger partial charge in [0.2, 0.25) is 0 Å². The second-order valence-electron chi connectivity index (χ2n) is 3.05. The van der Waals surface area contributed by atoms with E-state index in [0.717, 1.165) is 5.57 Å². The zero-order chi connectivity index (χ0) is 11.7. The summed E-state index contributed by atoms with van der Waals surface area (Å²) in [4.78, 5) is 1.70. The molecule has 0 spiro atoms. The van der Waals surface area contributed by atoms with Crippen LogP contribution in [0.1, 0.15) is 13.8 Å². The number of halogens is 1. The molecule has 0 unspecified atom stereocenters. The number of hydrogen-bond acceptors (Lipinski definition) is 2. The van der Waals surface area contributed by atoms with Crippen molar-refractivity contribution in [2.24, 2.45) is 0 Å². The van der Waals surface area contributed by atoms with E-state index in [1.54, 1.807) is 25.3 Å². The molecule has 0 bridgehead atoms. The van der Waals surface area contributed by atoms with E-state index >= 15 is 0 Å². The lowest BCUT2D eigenvalue weighted by Gasteiger charge is -2.13. The van der Waals surface area contributed by atoms with Crippen molar-refractivity contribution in [2.45, 2.75) is 13.8 Å². The van der Waals surface area contributed by atoms with Crippen LogP contribution in [0.15, 0.2) is 35.8 Å². The van der Waals surface area contributed by atoms with Crippen LogP contribution >= 0.6 is 12.6 Å². The van der Waals surface area contributed by atoms with E-state index in [0.29, 0.717) is 5.70 Å². The molecule has 0 heterocycles. The smallest absolute Gasteiger partial charge is 0.146 e. The maximum atomic E-state index is 13.3. The van der Waals surface area contributed by atoms with Gasteiger partial charge in [-0.3, -0.25) is 0 Å². The Labute approximate surface area is 92.4 Å². The minimum atomic E-state index is -0.241. The van der Waals surface area contributed by atoms with Crippen molar-refractivity contribution in [3.05, 3.63) is 35.8 Å². The Morgan fingerprint density at radius 3 is 1.93 bits per heavy atom. The molecule has 0 aliphatic heterocycles. The Kier molecular flexibility index (Phi) is 9.99. The summed E-state index contributed by atoms with van der Waals surface area (Å²) in [5, 5.41) is 0. The number of thiol groups is 1. The summed E-state index contributed by atoms with van der Waals surface area (Å²) in [5.41, 5.74) is 1.45. The van der Waals surface area contributed by atoms with Crippen molar-refractivity contribution in [3.63, 3.8) is 0 Å². The molecule has 0 aliphatic carbocycles. The highest BCUT2D eigenvalue weighted by molar-refractivity contribution is 7.79. The average Bonchev–Trinajstić information content (AvgIpc) is 2.06. The summed E-state index contributed by atoms with van der Waals surface area (Å²) in [6.07, 6.45) is 4.70. The average molecular weight is 217 g/mol. The molecule has 0 saturated heterocycles. The molecule has 0 N–H and O–H groups in total. The molecule has 0 aromatic carbocycles. The summed E-state index contributed by atoms with van der Waals surface area (Å²) in [6, 6.07) is 0. The van der Waals surface area contributed by atoms with Crippen molar-refractivity contribution < 1.29 is 4.39 Å². The molecule has 1 nitrogen and oxygen atoms in total. The van der Waals surface area contributed by atoms with Gasteiger partial charge in [0.15, 0.2) is 0 Å². The number of allylic oxidation sites excluding steroid dienone is 4. The van der Waals surface area contributed by atoms with Crippen molar-refractivity contribution >= 4 is 12.6 Å². The van der Waals surface area contributed by atoms with Crippen molar-refractivity contribution in [1.82, 2.24) is 4.90 Å². The van der Waals surface area contributed by atoms with E-state index in [1.807, 2.05) is 13.8 Å². The standard InChI is InChI=1S/C10H16FN.CH4S/c1-6-10(12(4)5)9(11)7-8(2)3;1-2/h6-7H,1H2,2-5H3;2H,1H3/b10-9-;. The first-order valence-corrected chi connectivity index (χ1v) is 5.17. The van der Waals surface area contributed by atoms with Gasteiger partial charge in [0.25, 0.3) is 0 Å². The normalized spacial score (nSPS) is 10.5. The summed E-state index contributed by atoms with van der Waals surface area (Å²) >= 11 is 3.53. The molecular formula is C11H20FNS. The van der Waals surface area contributed by atoms with E-state index in [9.17, 15) is 4.39 Å². The lowest BCUT2D eigenvalue weighted by atomic mass is 10.2. The highest BCUT2D eigenvalue weighted by Gasteiger charge is 2.01. The molecular weight excluding hydrogens is 197 g/mol. The van der Waals surface area contributed by atoms with Gasteiger partial charge in [-0.25, -0.2) is 4.39 Å². The first-order chi connectivity index (χ1) is 6.49. The first kappa shape index (κ1) is 15.8. The third-order valence-corrected chi connectivity index (χ3v) is 1.34. The number of likely N-dealkylation sites (N-methyl/N-ethyl adjacent to an activating group) is 1. The van der Waals surface area contributed by atoms with E-state index in [1.165, 1.54) is 12.2 Å². The molecule has 0 amide bonds. The van der Waals surface area contributed by atoms with Crippen LogP contribution in [-0.4, -0.2) is 25.3 Å². The molecule has 0 saturated carbocycles. The number of rotatable bonds is 3. The topological polar surface area (TPSA) is 3.24 Å². The molecule has 14 heavy (non-hydrogen) atoms. The molecule has 0 fully saturated rings. The van der Waals surface area contributed by atoms with Crippen LogP contribution in [0.25, 0.3) is 0 Å². The van der Waals surface area contributed by atoms with Gasteiger partial charge in [0.1, 0.15) is 5.83 Å². The van der Waals surface area contributed by atoms with Gasteiger partial charge in [0, 0.05) is 14.1 Å². The SMILES string of the molecule is C=C/C(=C(/F)C=C(C)C)N(C)C.CS. The minimum Gasteiger partial charge on any atom is -0.375 e. The lowest BCUT2D eigenvalue weighted by molar-refractivity contribution is 0.496. The van der Waals surface area contributed by atoms with Crippen LogP contribution in [0.5, 0.6) is 0 Å². The zero-order valence-electron chi connectivity index (χ0n) is 9.63. The second-order valence-corrected chi connectivity index (χ2v) is 3.05. The maximum Gasteiger partial charge on any atom is 0.146 e. The summed E-state index contributed by atoms with van der Waals surface area (Å²) in [5.74, 6) is -0.241. The van der Waals surface area contributed by atoms with Crippen LogP contribution in [0, 0.1) is 0 Å². The summed E-state index contributed by atoms with van der Waals surface area (Å²) in [7, 11) is 3.57. The van der Waals surface area contributed by atoms with E-state index in [4.69, 9.17) is 0 Å². The monoisotopic (exact) mass is 217 g/mol. The predicted octanol–water partition coefficient (Wildman–Crippen LogP) is 3.43. The first-order valence-electron chi connectivity index (χ1n) is 4.28. The quantitative estimate of drug-likeness (QED) is 0.560. The Balaban J connectivity index is 0. The maximum absolute atomic E-state index is 13.3. The Bertz CT molecular complexity index is 225. The predicted molar refractivity (Wildman–Crippen MR) is 66.4 cm³/mol. The molecule has 0 aliphatic rings. The third kappa shape index (κ3) is 6.78. The van der Waals surface area contributed by atoms with Gasteiger partial charge in [-0.15, -0.1) is 0 Å². The van der Waals surface area contributed by atoms with E-state index in [-0.39, 0.29) is 5.83 Å². The molecule has 0 aromatic heterocycles. The van der Waals surface area contributed by atoms with Gasteiger partial charge in [-0.1, -0.05) is 12.2 Å². The molecule has 0 aromatic rings. The summed E-state index contributed by atoms with van der Waals surface area (Å²) < 4.78 is 13.3. The number of hydrogen-bond donors (Lipinski definition) is 1. The van der Waals surface area contributed by atoms with Crippen LogP contribution < -0.4 is 0 Å². The van der Waals surface area contributed by atoms with Crippen molar-refractivity contribution in [2.75, 3.05) is 20.4 Å². The van der Waals surface area contributed by atoms with Crippen LogP contribution in [-0.2, 0) is 0 Å². The molecule has 82 valence electrons. The largest absolute Gasteiger partial charge is 0.375 e.